The van der Waals surface area contributed by atoms with Gasteiger partial charge in [-0.1, -0.05) is 17.7 Å². The first-order chi connectivity index (χ1) is 15.7. The van der Waals surface area contributed by atoms with Crippen molar-refractivity contribution in [2.45, 2.75) is 32.6 Å². The Morgan fingerprint density at radius 1 is 1.12 bits per heavy atom. The number of carbonyl (C=O) groups excluding carboxylic acids is 4. The number of nitrogens with zero attached hydrogens (tertiary/aromatic N) is 1. The molecule has 1 saturated heterocycles. The second kappa shape index (κ2) is 7.52. The number of ketones is 2. The summed E-state index contributed by atoms with van der Waals surface area (Å²) in [4.78, 5) is 51.5. The summed E-state index contributed by atoms with van der Waals surface area (Å²) in [7, 11) is 0. The lowest BCUT2D eigenvalue weighted by Gasteiger charge is -2.42. The van der Waals surface area contributed by atoms with Gasteiger partial charge in [-0.2, -0.15) is 5.06 Å². The minimum atomic E-state index is -0.795. The molecule has 0 aromatic heterocycles. The molecule has 8 heteroatoms. The molecule has 0 saturated carbocycles. The number of aromatic hydroxyl groups is 1. The van der Waals surface area contributed by atoms with Crippen LogP contribution in [0.4, 0.5) is 0 Å². The average molecular weight is 449 g/mol. The van der Waals surface area contributed by atoms with Crippen molar-refractivity contribution in [1.82, 2.24) is 5.06 Å². The predicted molar refractivity (Wildman–Crippen MR) is 114 cm³/mol. The molecule has 1 aliphatic heterocycles. The molecule has 4 atom stereocenters. The molecule has 3 aliphatic carbocycles. The summed E-state index contributed by atoms with van der Waals surface area (Å²) in [5, 5.41) is 20.4. The molecule has 5 rings (SSSR count). The van der Waals surface area contributed by atoms with Gasteiger partial charge in [-0.3, -0.25) is 24.4 Å². The quantitative estimate of drug-likeness (QED) is 0.315. The lowest BCUT2D eigenvalue weighted by Crippen LogP contribution is -2.39. The van der Waals surface area contributed by atoms with Crippen molar-refractivity contribution in [3.8, 4) is 11.5 Å². The van der Waals surface area contributed by atoms with E-state index in [4.69, 9.17) is 4.74 Å². The number of benzene rings is 1. The van der Waals surface area contributed by atoms with Crippen LogP contribution in [-0.4, -0.2) is 45.4 Å². The second-order valence-electron chi connectivity index (χ2n) is 8.88. The third-order valence-corrected chi connectivity index (χ3v) is 7.16. The molecule has 1 fully saturated rings. The topological polar surface area (TPSA) is 121 Å². The van der Waals surface area contributed by atoms with Crippen molar-refractivity contribution in [2.24, 2.45) is 17.8 Å². The number of phenols is 1. The lowest BCUT2D eigenvalue weighted by molar-refractivity contribution is -0.173. The van der Waals surface area contributed by atoms with E-state index in [9.17, 15) is 29.5 Å². The highest BCUT2D eigenvalue weighted by Crippen LogP contribution is 2.55. The normalized spacial score (nSPS) is 28.9. The smallest absolute Gasteiger partial charge is 0.257 e. The van der Waals surface area contributed by atoms with Crippen molar-refractivity contribution in [3.05, 3.63) is 58.2 Å². The minimum absolute atomic E-state index is 0.0471. The number of carbonyl (C=O) groups is 4. The molecule has 170 valence electrons. The van der Waals surface area contributed by atoms with Gasteiger partial charge in [0.15, 0.2) is 23.1 Å². The molecule has 8 nitrogen and oxygen atoms in total. The molecule has 2 amide bonds. The third-order valence-electron chi connectivity index (χ3n) is 7.16. The molecule has 33 heavy (non-hydrogen) atoms. The van der Waals surface area contributed by atoms with E-state index in [1.54, 1.807) is 26.0 Å². The number of Topliss-reactive ketones (excluding diaryl/α,β-unsaturated/α-hetero) is 1. The SMILES string of the molecule is CCOc1cc(C2C3=CCC4C(=O)N(O)C(=O)C4C3CC3=C2C(=O)C=C(C)C3=O)ccc1O. The standard InChI is InChI=1S/C25H23NO7/c1-3-33-19-9-12(4-7-17(19)27)20-13-5-6-14-21(25(31)26(32)24(14)30)15(13)10-16-22(20)18(28)8-11(2)23(16)29/h4-5,7-9,14-15,20-21,27,32H,3,6,10H2,1-2H3. The Morgan fingerprint density at radius 2 is 1.88 bits per heavy atom. The van der Waals surface area contributed by atoms with E-state index >= 15 is 0 Å². The van der Waals surface area contributed by atoms with E-state index in [0.717, 1.165) is 5.57 Å². The number of fused-ring (bicyclic) bond motifs is 3. The molecular formula is C25H23NO7. The van der Waals surface area contributed by atoms with Crippen molar-refractivity contribution in [1.29, 1.82) is 0 Å². The van der Waals surface area contributed by atoms with Crippen LogP contribution in [0.3, 0.4) is 0 Å². The maximum absolute atomic E-state index is 13.2. The van der Waals surface area contributed by atoms with Crippen LogP contribution in [0.15, 0.2) is 52.6 Å². The van der Waals surface area contributed by atoms with E-state index in [-0.39, 0.29) is 41.0 Å². The van der Waals surface area contributed by atoms with Gasteiger partial charge in [0.25, 0.3) is 11.8 Å². The highest BCUT2D eigenvalue weighted by molar-refractivity contribution is 6.23. The Hall–Kier alpha value is -3.52. The van der Waals surface area contributed by atoms with Crippen LogP contribution in [0.2, 0.25) is 0 Å². The zero-order valence-electron chi connectivity index (χ0n) is 18.2. The molecular weight excluding hydrogens is 426 g/mol. The molecule has 0 radical (unpaired) electrons. The summed E-state index contributed by atoms with van der Waals surface area (Å²) >= 11 is 0. The first-order valence-corrected chi connectivity index (χ1v) is 11.0. The van der Waals surface area contributed by atoms with Crippen molar-refractivity contribution in [2.75, 3.05) is 6.61 Å². The number of allylic oxidation sites excluding steroid dienone is 6. The number of amides is 2. The van der Waals surface area contributed by atoms with E-state index in [1.165, 1.54) is 12.1 Å². The number of hydrogen-bond donors (Lipinski definition) is 2. The van der Waals surface area contributed by atoms with Crippen LogP contribution >= 0.6 is 0 Å². The zero-order chi connectivity index (χ0) is 23.6. The lowest BCUT2D eigenvalue weighted by atomic mass is 9.59. The van der Waals surface area contributed by atoms with E-state index in [0.29, 0.717) is 28.9 Å². The van der Waals surface area contributed by atoms with Crippen molar-refractivity contribution in [3.63, 3.8) is 0 Å². The van der Waals surface area contributed by atoms with Gasteiger partial charge >= 0.3 is 0 Å². The Bertz CT molecular complexity index is 1220. The summed E-state index contributed by atoms with van der Waals surface area (Å²) < 4.78 is 5.53. The molecule has 0 spiro atoms. The van der Waals surface area contributed by atoms with E-state index in [1.807, 2.05) is 6.08 Å². The Kier molecular flexibility index (Phi) is 4.86. The molecule has 0 bridgehead atoms. The molecule has 1 aromatic carbocycles. The number of phenolic OH excluding ortho intramolecular Hbond substituents is 1. The monoisotopic (exact) mass is 449 g/mol. The van der Waals surface area contributed by atoms with Crippen molar-refractivity contribution >= 4 is 23.4 Å². The summed E-state index contributed by atoms with van der Waals surface area (Å²) in [5.41, 5.74) is 2.45. The Labute approximate surface area is 189 Å². The second-order valence-corrected chi connectivity index (χ2v) is 8.88. The van der Waals surface area contributed by atoms with Gasteiger partial charge < -0.3 is 9.84 Å². The molecule has 4 unspecified atom stereocenters. The summed E-state index contributed by atoms with van der Waals surface area (Å²) in [6.07, 6.45) is 3.60. The zero-order valence-corrected chi connectivity index (χ0v) is 18.2. The fourth-order valence-corrected chi connectivity index (χ4v) is 5.73. The molecule has 2 N–H and O–H groups in total. The van der Waals surface area contributed by atoms with Gasteiger partial charge in [0.2, 0.25) is 0 Å². The maximum Gasteiger partial charge on any atom is 0.257 e. The van der Waals surface area contributed by atoms with Crippen LogP contribution in [0.1, 0.15) is 38.2 Å². The van der Waals surface area contributed by atoms with Crippen LogP contribution in [0.5, 0.6) is 11.5 Å². The summed E-state index contributed by atoms with van der Waals surface area (Å²) in [6.45, 7) is 3.70. The predicted octanol–water partition coefficient (Wildman–Crippen LogP) is 2.61. The largest absolute Gasteiger partial charge is 0.504 e. The van der Waals surface area contributed by atoms with Crippen LogP contribution in [0.25, 0.3) is 0 Å². The van der Waals surface area contributed by atoms with E-state index in [2.05, 4.69) is 0 Å². The van der Waals surface area contributed by atoms with Crippen LogP contribution in [0, 0.1) is 17.8 Å². The van der Waals surface area contributed by atoms with Gasteiger partial charge in [0, 0.05) is 22.6 Å². The first kappa shape index (κ1) is 21.3. The third kappa shape index (κ3) is 3.01. The number of ether oxygens (including phenoxy) is 1. The fourth-order valence-electron chi connectivity index (χ4n) is 5.73. The Morgan fingerprint density at radius 3 is 2.61 bits per heavy atom. The molecule has 1 aromatic rings. The average Bonchev–Trinajstić information content (AvgIpc) is 3.02. The van der Waals surface area contributed by atoms with Crippen molar-refractivity contribution < 1.29 is 34.2 Å². The van der Waals surface area contributed by atoms with Crippen LogP contribution in [-0.2, 0) is 19.2 Å². The molecule has 1 heterocycles. The van der Waals surface area contributed by atoms with Crippen LogP contribution < -0.4 is 4.74 Å². The highest BCUT2D eigenvalue weighted by atomic mass is 16.5. The van der Waals surface area contributed by atoms with Gasteiger partial charge in [-0.15, -0.1) is 0 Å². The Balaban J connectivity index is 1.71. The van der Waals surface area contributed by atoms with Gasteiger partial charge in [0.1, 0.15) is 0 Å². The van der Waals surface area contributed by atoms with Gasteiger partial charge in [0.05, 0.1) is 18.4 Å². The molecule has 4 aliphatic rings. The number of hydrogen-bond acceptors (Lipinski definition) is 7. The highest BCUT2D eigenvalue weighted by Gasteiger charge is 2.56. The summed E-state index contributed by atoms with van der Waals surface area (Å²) in [5.74, 6) is -4.25. The number of hydroxylamine groups is 2. The first-order valence-electron chi connectivity index (χ1n) is 11.0. The van der Waals surface area contributed by atoms with Gasteiger partial charge in [-0.25, -0.2) is 0 Å². The summed E-state index contributed by atoms with van der Waals surface area (Å²) in [6, 6.07) is 4.80. The number of imide groups is 1. The maximum atomic E-state index is 13.2. The minimum Gasteiger partial charge on any atom is -0.504 e. The number of rotatable bonds is 3. The van der Waals surface area contributed by atoms with E-state index < -0.39 is 35.5 Å². The fraction of sp³-hybridized carbons (Fsp3) is 0.360. The van der Waals surface area contributed by atoms with Gasteiger partial charge in [-0.05, 0) is 56.4 Å².